The summed E-state index contributed by atoms with van der Waals surface area (Å²) in [5.41, 5.74) is 5.19. The monoisotopic (exact) mass is 111 g/mol. The van der Waals surface area contributed by atoms with Crippen LogP contribution in [0.2, 0.25) is 0 Å². The zero-order chi connectivity index (χ0) is 6.41. The first kappa shape index (κ1) is 7.22. The van der Waals surface area contributed by atoms with Gasteiger partial charge in [-0.2, -0.15) is 0 Å². The molecule has 0 unspecified atom stereocenters. The van der Waals surface area contributed by atoms with Crippen LogP contribution < -0.4 is 5.73 Å². The fraction of sp³-hybridized carbons (Fsp3) is 0.333. The topological polar surface area (TPSA) is 46.2 Å². The van der Waals surface area contributed by atoms with Gasteiger partial charge < -0.3 is 10.8 Å². The highest BCUT2D eigenvalue weighted by molar-refractivity contribution is 5.16. The van der Waals surface area contributed by atoms with E-state index in [1.54, 1.807) is 0 Å². The fourth-order valence-electron chi connectivity index (χ4n) is 0.212. The third-order valence-electron chi connectivity index (χ3n) is 0.567. The van der Waals surface area contributed by atoms with Crippen LogP contribution >= 0.6 is 0 Å². The maximum atomic E-state index is 8.30. The van der Waals surface area contributed by atoms with Crippen LogP contribution in [0, 0.1) is 11.8 Å². The SMILES string of the molecule is C=CC#C[C@H](N)CO. The summed E-state index contributed by atoms with van der Waals surface area (Å²) in [5, 5.41) is 8.30. The lowest BCUT2D eigenvalue weighted by molar-refractivity contribution is 0.287. The van der Waals surface area contributed by atoms with Crippen molar-refractivity contribution in [3.63, 3.8) is 0 Å². The fourth-order valence-corrected chi connectivity index (χ4v) is 0.212. The molecule has 0 aliphatic rings. The van der Waals surface area contributed by atoms with E-state index in [1.807, 2.05) is 0 Å². The number of nitrogens with two attached hydrogens (primary N) is 1. The Balaban J connectivity index is 3.50. The molecule has 0 radical (unpaired) electrons. The highest BCUT2D eigenvalue weighted by Gasteiger charge is 1.87. The van der Waals surface area contributed by atoms with E-state index in [9.17, 15) is 0 Å². The number of allylic oxidation sites excluding steroid dienone is 1. The van der Waals surface area contributed by atoms with Crippen LogP contribution in [-0.4, -0.2) is 17.8 Å². The molecule has 0 saturated heterocycles. The molecule has 2 nitrogen and oxygen atoms in total. The van der Waals surface area contributed by atoms with Gasteiger partial charge in [0, 0.05) is 0 Å². The first-order chi connectivity index (χ1) is 3.81. The lowest BCUT2D eigenvalue weighted by Gasteiger charge is -1.92. The predicted molar refractivity (Wildman–Crippen MR) is 33.0 cm³/mol. The minimum Gasteiger partial charge on any atom is -0.394 e. The Morgan fingerprint density at radius 3 is 2.88 bits per heavy atom. The van der Waals surface area contributed by atoms with Gasteiger partial charge in [-0.15, -0.1) is 0 Å². The minimum absolute atomic E-state index is 0.0964. The number of hydrogen-bond acceptors (Lipinski definition) is 2. The summed E-state index contributed by atoms with van der Waals surface area (Å²) in [6.45, 7) is 3.26. The second-order valence-electron chi connectivity index (χ2n) is 1.28. The quantitative estimate of drug-likeness (QED) is 0.448. The highest BCUT2D eigenvalue weighted by Crippen LogP contribution is 1.68. The highest BCUT2D eigenvalue weighted by atomic mass is 16.3. The van der Waals surface area contributed by atoms with Crippen molar-refractivity contribution in [2.24, 2.45) is 5.73 Å². The van der Waals surface area contributed by atoms with Crippen LogP contribution in [0.15, 0.2) is 12.7 Å². The standard InChI is InChI=1S/C6H9NO/c1-2-3-4-6(7)5-8/h2,6,8H,1,5,7H2/t6-/m0/s1. The zero-order valence-corrected chi connectivity index (χ0v) is 4.59. The largest absolute Gasteiger partial charge is 0.394 e. The van der Waals surface area contributed by atoms with Crippen LogP contribution in [-0.2, 0) is 0 Å². The third-order valence-corrected chi connectivity index (χ3v) is 0.567. The summed E-state index contributed by atoms with van der Waals surface area (Å²) >= 11 is 0. The van der Waals surface area contributed by atoms with Crippen LogP contribution in [0.25, 0.3) is 0 Å². The van der Waals surface area contributed by atoms with Gasteiger partial charge >= 0.3 is 0 Å². The zero-order valence-electron chi connectivity index (χ0n) is 4.59. The van der Waals surface area contributed by atoms with Crippen molar-refractivity contribution < 1.29 is 5.11 Å². The number of rotatable bonds is 1. The number of aliphatic hydroxyl groups is 1. The molecular weight excluding hydrogens is 102 g/mol. The van der Waals surface area contributed by atoms with Gasteiger partial charge in [0.05, 0.1) is 12.6 Å². The molecule has 3 N–H and O–H groups in total. The molecule has 0 aliphatic heterocycles. The Labute approximate surface area is 49.0 Å². The Bertz CT molecular complexity index is 120. The first-order valence-electron chi connectivity index (χ1n) is 2.29. The smallest absolute Gasteiger partial charge is 0.0902 e. The van der Waals surface area contributed by atoms with Crippen molar-refractivity contribution in [1.82, 2.24) is 0 Å². The van der Waals surface area contributed by atoms with E-state index in [-0.39, 0.29) is 6.61 Å². The normalized spacial score (nSPS) is 11.2. The maximum Gasteiger partial charge on any atom is 0.0902 e. The average Bonchev–Trinajstić information content (AvgIpc) is 1.83. The van der Waals surface area contributed by atoms with E-state index in [0.717, 1.165) is 0 Å². The van der Waals surface area contributed by atoms with Crippen molar-refractivity contribution in [3.8, 4) is 11.8 Å². The van der Waals surface area contributed by atoms with E-state index in [4.69, 9.17) is 10.8 Å². The molecule has 1 atom stereocenters. The second kappa shape index (κ2) is 4.38. The van der Waals surface area contributed by atoms with E-state index >= 15 is 0 Å². The molecular formula is C6H9NO. The van der Waals surface area contributed by atoms with Crippen molar-refractivity contribution >= 4 is 0 Å². The van der Waals surface area contributed by atoms with Gasteiger partial charge in [-0.05, 0) is 6.08 Å². The molecule has 0 aromatic carbocycles. The first-order valence-corrected chi connectivity index (χ1v) is 2.29. The average molecular weight is 111 g/mol. The summed E-state index contributed by atoms with van der Waals surface area (Å²) in [4.78, 5) is 0. The molecule has 0 saturated carbocycles. The minimum atomic E-state index is -0.423. The lowest BCUT2D eigenvalue weighted by Crippen LogP contribution is -2.21. The summed E-state index contributed by atoms with van der Waals surface area (Å²) < 4.78 is 0. The van der Waals surface area contributed by atoms with Crippen LogP contribution in [0.3, 0.4) is 0 Å². The van der Waals surface area contributed by atoms with Gasteiger partial charge in [0.15, 0.2) is 0 Å². The van der Waals surface area contributed by atoms with Gasteiger partial charge in [0.1, 0.15) is 0 Å². The molecule has 0 heterocycles. The summed E-state index contributed by atoms with van der Waals surface area (Å²) in [6.07, 6.45) is 1.44. The maximum absolute atomic E-state index is 8.30. The third kappa shape index (κ3) is 3.41. The molecule has 0 fully saturated rings. The number of hydrogen-bond donors (Lipinski definition) is 2. The van der Waals surface area contributed by atoms with Crippen molar-refractivity contribution in [2.75, 3.05) is 6.61 Å². The molecule has 0 rings (SSSR count). The Kier molecular flexibility index (Phi) is 3.95. The van der Waals surface area contributed by atoms with Crippen molar-refractivity contribution in [3.05, 3.63) is 12.7 Å². The van der Waals surface area contributed by atoms with Gasteiger partial charge in [-0.1, -0.05) is 18.4 Å². The molecule has 0 aromatic heterocycles. The number of aliphatic hydroxyl groups excluding tert-OH is 1. The lowest BCUT2D eigenvalue weighted by atomic mass is 10.3. The van der Waals surface area contributed by atoms with E-state index in [2.05, 4.69) is 18.4 Å². The Morgan fingerprint density at radius 1 is 1.88 bits per heavy atom. The van der Waals surface area contributed by atoms with Crippen LogP contribution in [0.4, 0.5) is 0 Å². The van der Waals surface area contributed by atoms with Gasteiger partial charge in [0.2, 0.25) is 0 Å². The van der Waals surface area contributed by atoms with Gasteiger partial charge in [0.25, 0.3) is 0 Å². The van der Waals surface area contributed by atoms with Crippen molar-refractivity contribution in [1.29, 1.82) is 0 Å². The van der Waals surface area contributed by atoms with Crippen molar-refractivity contribution in [2.45, 2.75) is 6.04 Å². The van der Waals surface area contributed by atoms with E-state index in [1.165, 1.54) is 6.08 Å². The molecule has 0 aliphatic carbocycles. The summed E-state index contributed by atoms with van der Waals surface area (Å²) in [7, 11) is 0. The van der Waals surface area contributed by atoms with Crippen LogP contribution in [0.5, 0.6) is 0 Å². The predicted octanol–water partition coefficient (Wildman–Crippen LogP) is -0.505. The van der Waals surface area contributed by atoms with Crippen LogP contribution in [0.1, 0.15) is 0 Å². The van der Waals surface area contributed by atoms with E-state index < -0.39 is 6.04 Å². The molecule has 2 heteroatoms. The summed E-state index contributed by atoms with van der Waals surface area (Å²) in [5.74, 6) is 5.07. The van der Waals surface area contributed by atoms with Gasteiger partial charge in [-0.25, -0.2) is 0 Å². The Morgan fingerprint density at radius 2 is 2.50 bits per heavy atom. The molecule has 0 spiro atoms. The summed E-state index contributed by atoms with van der Waals surface area (Å²) in [6, 6.07) is -0.423. The van der Waals surface area contributed by atoms with Gasteiger partial charge in [-0.3, -0.25) is 0 Å². The molecule has 0 aromatic rings. The Hall–Kier alpha value is -0.780. The molecule has 8 heavy (non-hydrogen) atoms. The van der Waals surface area contributed by atoms with E-state index in [0.29, 0.717) is 0 Å². The second-order valence-corrected chi connectivity index (χ2v) is 1.28. The molecule has 0 amide bonds. The molecule has 44 valence electrons. The molecule has 0 bridgehead atoms.